The molecule has 3 N–H and O–H groups in total. The maximum Gasteiger partial charge on any atom is 0.339 e. The zero-order chi connectivity index (χ0) is 15.6. The van der Waals surface area contributed by atoms with E-state index in [0.717, 1.165) is 4.88 Å². The number of esters is 1. The summed E-state index contributed by atoms with van der Waals surface area (Å²) in [4.78, 5) is 16.2. The number of thiazole rings is 1. The number of rotatable bonds is 4. The third-order valence-electron chi connectivity index (χ3n) is 2.54. The van der Waals surface area contributed by atoms with Gasteiger partial charge in [0.05, 0.1) is 12.7 Å². The van der Waals surface area contributed by atoms with E-state index >= 15 is 0 Å². The Morgan fingerprint density at radius 1 is 1.43 bits per heavy atom. The van der Waals surface area contributed by atoms with Crippen molar-refractivity contribution in [2.24, 2.45) is 0 Å². The molecular formula is C12H13N3O4S2. The molecule has 1 aromatic carbocycles. The number of sulfonamides is 1. The number of nitrogens with two attached hydrogens (primary N) is 1. The minimum atomic E-state index is -3.99. The average molecular weight is 327 g/mol. The van der Waals surface area contributed by atoms with Gasteiger partial charge in [0.25, 0.3) is 10.0 Å². The molecule has 0 spiro atoms. The highest BCUT2D eigenvalue weighted by Gasteiger charge is 2.24. The zero-order valence-corrected chi connectivity index (χ0v) is 12.9. The summed E-state index contributed by atoms with van der Waals surface area (Å²) in [6.45, 7) is 1.80. The Bertz CT molecular complexity index is 784. The largest absolute Gasteiger partial charge is 0.465 e. The van der Waals surface area contributed by atoms with Crippen molar-refractivity contribution in [1.29, 1.82) is 0 Å². The lowest BCUT2D eigenvalue weighted by Gasteiger charge is -2.10. The van der Waals surface area contributed by atoms with Crippen molar-refractivity contribution in [3.63, 3.8) is 0 Å². The van der Waals surface area contributed by atoms with Crippen LogP contribution >= 0.6 is 11.3 Å². The lowest BCUT2D eigenvalue weighted by molar-refractivity contribution is 0.0596. The molecular weight excluding hydrogens is 314 g/mol. The van der Waals surface area contributed by atoms with Gasteiger partial charge in [-0.1, -0.05) is 0 Å². The molecule has 0 saturated heterocycles. The van der Waals surface area contributed by atoms with Crippen molar-refractivity contribution in [2.45, 2.75) is 11.8 Å². The predicted octanol–water partition coefficient (Wildman–Crippen LogP) is 1.62. The molecule has 0 aliphatic rings. The van der Waals surface area contributed by atoms with Gasteiger partial charge in [0.1, 0.15) is 4.90 Å². The minimum absolute atomic E-state index is 0.0903. The quantitative estimate of drug-likeness (QED) is 0.652. The zero-order valence-electron chi connectivity index (χ0n) is 11.3. The number of anilines is 2. The summed E-state index contributed by atoms with van der Waals surface area (Å²) >= 11 is 1.18. The van der Waals surface area contributed by atoms with Crippen LogP contribution in [0.15, 0.2) is 29.3 Å². The molecule has 0 radical (unpaired) electrons. The maximum atomic E-state index is 12.4. The molecule has 0 aliphatic heterocycles. The van der Waals surface area contributed by atoms with Gasteiger partial charge >= 0.3 is 5.97 Å². The smallest absolute Gasteiger partial charge is 0.339 e. The Morgan fingerprint density at radius 3 is 2.71 bits per heavy atom. The summed E-state index contributed by atoms with van der Waals surface area (Å²) < 4.78 is 31.7. The van der Waals surface area contributed by atoms with E-state index in [0.29, 0.717) is 0 Å². The second-order valence-electron chi connectivity index (χ2n) is 4.13. The average Bonchev–Trinajstić information content (AvgIpc) is 2.82. The molecule has 0 fully saturated rings. The Morgan fingerprint density at radius 2 is 2.14 bits per heavy atom. The number of hydrogen-bond donors (Lipinski definition) is 2. The fourth-order valence-electron chi connectivity index (χ4n) is 1.61. The van der Waals surface area contributed by atoms with Crippen molar-refractivity contribution in [3.8, 4) is 0 Å². The molecule has 2 rings (SSSR count). The highest BCUT2D eigenvalue weighted by molar-refractivity contribution is 7.93. The fourth-order valence-corrected chi connectivity index (χ4v) is 3.75. The van der Waals surface area contributed by atoms with Gasteiger partial charge in [0.2, 0.25) is 0 Å². The molecule has 0 bridgehead atoms. The number of carbonyl (C=O) groups excluding carboxylic acids is 1. The highest BCUT2D eigenvalue weighted by Crippen LogP contribution is 2.25. The van der Waals surface area contributed by atoms with E-state index in [1.807, 2.05) is 0 Å². The van der Waals surface area contributed by atoms with Gasteiger partial charge in [0, 0.05) is 16.8 Å². The summed E-state index contributed by atoms with van der Waals surface area (Å²) in [7, 11) is -2.82. The van der Waals surface area contributed by atoms with Crippen LogP contribution in [0.4, 0.5) is 10.8 Å². The van der Waals surface area contributed by atoms with Crippen LogP contribution in [0.1, 0.15) is 15.2 Å². The van der Waals surface area contributed by atoms with E-state index in [1.165, 1.54) is 36.6 Å². The first-order chi connectivity index (χ1) is 9.83. The molecule has 2 aromatic rings. The minimum Gasteiger partial charge on any atom is -0.465 e. The summed E-state index contributed by atoms with van der Waals surface area (Å²) in [6.07, 6.45) is 1.54. The number of ether oxygens (including phenoxy) is 1. The maximum absolute atomic E-state index is 12.4. The third-order valence-corrected chi connectivity index (χ3v) is 4.88. The summed E-state index contributed by atoms with van der Waals surface area (Å²) in [6, 6.07) is 3.94. The van der Waals surface area contributed by atoms with Crippen LogP contribution in [0.3, 0.4) is 0 Å². The number of aromatic nitrogens is 1. The summed E-state index contributed by atoms with van der Waals surface area (Å²) in [5.41, 5.74) is 5.74. The fraction of sp³-hybridized carbons (Fsp3) is 0.167. The second-order valence-corrected chi connectivity index (χ2v) is 7.01. The van der Waals surface area contributed by atoms with Crippen LogP contribution in [0.25, 0.3) is 0 Å². The Labute approximate surface area is 125 Å². The third kappa shape index (κ3) is 3.31. The van der Waals surface area contributed by atoms with Gasteiger partial charge in [-0.3, -0.25) is 4.72 Å². The molecule has 112 valence electrons. The number of carbonyl (C=O) groups is 1. The van der Waals surface area contributed by atoms with Crippen LogP contribution in [0.5, 0.6) is 0 Å². The molecule has 21 heavy (non-hydrogen) atoms. The Kier molecular flexibility index (Phi) is 4.14. The molecule has 1 aromatic heterocycles. The number of nitrogens with zero attached hydrogens (tertiary/aromatic N) is 1. The van der Waals surface area contributed by atoms with Crippen molar-refractivity contribution in [3.05, 3.63) is 34.8 Å². The van der Waals surface area contributed by atoms with Gasteiger partial charge in [-0.2, -0.15) is 0 Å². The first kappa shape index (κ1) is 15.3. The Balaban J connectivity index is 2.48. The number of hydrogen-bond acceptors (Lipinski definition) is 7. The molecule has 0 unspecified atom stereocenters. The van der Waals surface area contributed by atoms with E-state index < -0.39 is 16.0 Å². The van der Waals surface area contributed by atoms with Crippen molar-refractivity contribution in [1.82, 2.24) is 4.98 Å². The number of benzene rings is 1. The van der Waals surface area contributed by atoms with Crippen LogP contribution in [0.2, 0.25) is 0 Å². The highest BCUT2D eigenvalue weighted by atomic mass is 32.2. The van der Waals surface area contributed by atoms with Crippen LogP contribution in [0, 0.1) is 6.92 Å². The van der Waals surface area contributed by atoms with Crippen LogP contribution in [-0.4, -0.2) is 26.5 Å². The van der Waals surface area contributed by atoms with Gasteiger partial charge in [-0.15, -0.1) is 11.3 Å². The number of aryl methyl sites for hydroxylation is 1. The number of nitrogen functional groups attached to an aromatic ring is 1. The molecule has 0 saturated carbocycles. The van der Waals surface area contributed by atoms with Gasteiger partial charge in [-0.05, 0) is 25.1 Å². The molecule has 1 heterocycles. The summed E-state index contributed by atoms with van der Waals surface area (Å²) in [5, 5.41) is 0.214. The lowest BCUT2D eigenvalue weighted by Crippen LogP contribution is -2.17. The van der Waals surface area contributed by atoms with Gasteiger partial charge in [-0.25, -0.2) is 18.2 Å². The van der Waals surface area contributed by atoms with E-state index in [9.17, 15) is 13.2 Å². The molecule has 0 amide bonds. The first-order valence-corrected chi connectivity index (χ1v) is 8.06. The van der Waals surface area contributed by atoms with E-state index in [-0.39, 0.29) is 21.3 Å². The van der Waals surface area contributed by atoms with Gasteiger partial charge < -0.3 is 10.5 Å². The van der Waals surface area contributed by atoms with Crippen LogP contribution in [-0.2, 0) is 14.8 Å². The van der Waals surface area contributed by atoms with Crippen molar-refractivity contribution < 1.29 is 17.9 Å². The van der Waals surface area contributed by atoms with Crippen molar-refractivity contribution in [2.75, 3.05) is 17.6 Å². The predicted molar refractivity (Wildman–Crippen MR) is 79.9 cm³/mol. The molecule has 0 atom stereocenters. The standard InChI is InChI=1S/C12H13N3O4S2/c1-7-6-14-12(20-7)15-21(17,18)10-5-8(13)3-4-9(10)11(16)19-2/h3-6H,13H2,1-2H3,(H,14,15). The monoisotopic (exact) mass is 327 g/mol. The van der Waals surface area contributed by atoms with E-state index in [1.54, 1.807) is 13.1 Å². The number of methoxy groups -OCH3 is 1. The second kappa shape index (κ2) is 5.70. The van der Waals surface area contributed by atoms with E-state index in [4.69, 9.17) is 5.73 Å². The molecule has 7 nitrogen and oxygen atoms in total. The topological polar surface area (TPSA) is 111 Å². The lowest BCUT2D eigenvalue weighted by atomic mass is 10.2. The first-order valence-electron chi connectivity index (χ1n) is 5.76. The normalized spacial score (nSPS) is 11.1. The summed E-state index contributed by atoms with van der Waals surface area (Å²) in [5.74, 6) is -0.759. The molecule has 9 heteroatoms. The van der Waals surface area contributed by atoms with Crippen LogP contribution < -0.4 is 10.5 Å². The van der Waals surface area contributed by atoms with Gasteiger partial charge in [0.15, 0.2) is 5.13 Å². The SMILES string of the molecule is COC(=O)c1ccc(N)cc1S(=O)(=O)Nc1ncc(C)s1. The van der Waals surface area contributed by atoms with E-state index in [2.05, 4.69) is 14.4 Å². The number of nitrogens with one attached hydrogen (secondary N) is 1. The van der Waals surface area contributed by atoms with Crippen molar-refractivity contribution >= 4 is 38.1 Å². The Hall–Kier alpha value is -2.13. The molecule has 0 aliphatic carbocycles.